The van der Waals surface area contributed by atoms with Crippen molar-refractivity contribution in [1.29, 1.82) is 0 Å². The van der Waals surface area contributed by atoms with Crippen LogP contribution in [0.1, 0.15) is 0 Å². The molecule has 0 aliphatic carbocycles. The van der Waals surface area contributed by atoms with Gasteiger partial charge in [0.1, 0.15) is 6.10 Å². The van der Waals surface area contributed by atoms with Gasteiger partial charge in [0.2, 0.25) is 5.95 Å². The Labute approximate surface area is 129 Å². The van der Waals surface area contributed by atoms with E-state index in [2.05, 4.69) is 19.5 Å². The number of anilines is 1. The zero-order chi connectivity index (χ0) is 17.0. The van der Waals surface area contributed by atoms with Crippen LogP contribution in [-0.2, 0) is 20.4 Å². The summed E-state index contributed by atoms with van der Waals surface area (Å²) >= 11 is 0. The first-order valence-corrected chi connectivity index (χ1v) is 7.96. The first-order valence-electron chi connectivity index (χ1n) is 6.43. The fourth-order valence-corrected chi connectivity index (χ4v) is 2.15. The Bertz CT molecular complexity index is 769. The van der Waals surface area contributed by atoms with Crippen LogP contribution in [0.5, 0.6) is 0 Å². The second-order valence-corrected chi connectivity index (χ2v) is 5.76. The maximum absolute atomic E-state index is 11.6. The van der Waals surface area contributed by atoms with Crippen molar-refractivity contribution in [2.75, 3.05) is 25.6 Å². The summed E-state index contributed by atoms with van der Waals surface area (Å²) in [5.74, 6) is -0.0477. The monoisotopic (exact) mass is 349 g/mol. The van der Waals surface area contributed by atoms with Gasteiger partial charge in [0.25, 0.3) is 5.56 Å². The van der Waals surface area contributed by atoms with Crippen LogP contribution in [0, 0.1) is 0 Å². The summed E-state index contributed by atoms with van der Waals surface area (Å²) in [7, 11) is -4.63. The standard InChI is InChI=1S/C10H16N5O7P/c11-10-13-8-7(9(17)14-10)12-5-15(8)1-2-21-6(3-16)4-22-23(18,19)20/h5-6,16H,1-4H2,(H2,18,19,20)(H3,11,13,14,17). The Balaban J connectivity index is 1.96. The predicted molar refractivity (Wildman–Crippen MR) is 77.4 cm³/mol. The molecule has 128 valence electrons. The number of aliphatic hydroxyl groups excluding tert-OH is 1. The molecule has 1 atom stereocenters. The molecule has 0 aliphatic rings. The lowest BCUT2D eigenvalue weighted by molar-refractivity contribution is -0.0217. The molecule has 0 aromatic carbocycles. The van der Waals surface area contributed by atoms with E-state index in [1.807, 2.05) is 0 Å². The third-order valence-corrected chi connectivity index (χ3v) is 3.30. The molecule has 0 spiro atoms. The number of H-pyrrole nitrogens is 1. The van der Waals surface area contributed by atoms with Gasteiger partial charge < -0.3 is 29.9 Å². The number of hydrogen-bond donors (Lipinski definition) is 5. The number of nitrogens with two attached hydrogens (primary N) is 1. The molecule has 0 bridgehead atoms. The lowest BCUT2D eigenvalue weighted by Crippen LogP contribution is -2.25. The number of nitrogens with one attached hydrogen (secondary N) is 1. The van der Waals surface area contributed by atoms with Crippen LogP contribution < -0.4 is 11.3 Å². The van der Waals surface area contributed by atoms with Gasteiger partial charge in [-0.3, -0.25) is 14.3 Å². The first-order chi connectivity index (χ1) is 10.8. The van der Waals surface area contributed by atoms with E-state index in [9.17, 15) is 9.36 Å². The van der Waals surface area contributed by atoms with Crippen LogP contribution in [-0.4, -0.2) is 60.3 Å². The quantitative estimate of drug-likeness (QED) is 0.340. The highest BCUT2D eigenvalue weighted by atomic mass is 31.2. The number of imidazole rings is 1. The number of aromatic amines is 1. The van der Waals surface area contributed by atoms with E-state index in [1.165, 1.54) is 10.9 Å². The highest BCUT2D eigenvalue weighted by molar-refractivity contribution is 7.46. The molecule has 0 saturated heterocycles. The van der Waals surface area contributed by atoms with Crippen LogP contribution in [0.4, 0.5) is 5.95 Å². The summed E-state index contributed by atoms with van der Waals surface area (Å²) in [6.45, 7) is -0.639. The van der Waals surface area contributed by atoms with E-state index in [4.69, 9.17) is 25.4 Å². The number of phosphoric acid groups is 1. The van der Waals surface area contributed by atoms with Gasteiger partial charge in [0.05, 0.1) is 26.1 Å². The van der Waals surface area contributed by atoms with Crippen LogP contribution >= 0.6 is 7.82 Å². The fourth-order valence-electron chi connectivity index (χ4n) is 1.79. The normalized spacial score (nSPS) is 13.5. The van der Waals surface area contributed by atoms with Gasteiger partial charge in [-0.15, -0.1) is 0 Å². The second-order valence-electron chi connectivity index (χ2n) is 4.52. The number of phosphoric ester groups is 1. The molecule has 2 rings (SSSR count). The minimum absolute atomic E-state index is 0.0477. The topological polar surface area (TPSA) is 186 Å². The molecular formula is C10H16N5O7P. The molecule has 1 unspecified atom stereocenters. The Morgan fingerprint density at radius 1 is 1.48 bits per heavy atom. The molecule has 13 heteroatoms. The van der Waals surface area contributed by atoms with Crippen LogP contribution in [0.25, 0.3) is 11.2 Å². The maximum Gasteiger partial charge on any atom is 0.469 e. The summed E-state index contributed by atoms with van der Waals surface area (Å²) in [6, 6.07) is 0. The third-order valence-electron chi connectivity index (χ3n) is 2.81. The first kappa shape index (κ1) is 17.5. The molecular weight excluding hydrogens is 333 g/mol. The van der Waals surface area contributed by atoms with E-state index in [1.54, 1.807) is 0 Å². The average Bonchev–Trinajstić information content (AvgIpc) is 2.85. The molecule has 23 heavy (non-hydrogen) atoms. The zero-order valence-electron chi connectivity index (χ0n) is 11.8. The molecule has 12 nitrogen and oxygen atoms in total. The summed E-state index contributed by atoms with van der Waals surface area (Å²) in [5.41, 5.74) is 5.41. The van der Waals surface area contributed by atoms with Gasteiger partial charge in [-0.25, -0.2) is 9.55 Å². The second kappa shape index (κ2) is 7.17. The highest BCUT2D eigenvalue weighted by Crippen LogP contribution is 2.35. The summed E-state index contributed by atoms with van der Waals surface area (Å²) < 4.78 is 21.6. The van der Waals surface area contributed by atoms with Crippen molar-refractivity contribution < 1.29 is 28.7 Å². The Morgan fingerprint density at radius 3 is 2.87 bits per heavy atom. The molecule has 0 radical (unpaired) electrons. The van der Waals surface area contributed by atoms with Crippen molar-refractivity contribution in [2.45, 2.75) is 12.6 Å². The minimum Gasteiger partial charge on any atom is -0.394 e. The predicted octanol–water partition coefficient (Wildman–Crippen LogP) is -1.81. The van der Waals surface area contributed by atoms with Crippen LogP contribution in [0.3, 0.4) is 0 Å². The summed E-state index contributed by atoms with van der Waals surface area (Å²) in [6.07, 6.45) is 0.481. The summed E-state index contributed by atoms with van der Waals surface area (Å²) in [5, 5.41) is 9.07. The van der Waals surface area contributed by atoms with E-state index < -0.39 is 32.7 Å². The molecule has 6 N–H and O–H groups in total. The Kier molecular flexibility index (Phi) is 5.46. The number of nitrogens with zero attached hydrogens (tertiary/aromatic N) is 3. The third kappa shape index (κ3) is 4.82. The largest absolute Gasteiger partial charge is 0.469 e. The van der Waals surface area contributed by atoms with E-state index in [0.29, 0.717) is 0 Å². The molecule has 0 saturated carbocycles. The van der Waals surface area contributed by atoms with Crippen LogP contribution in [0.15, 0.2) is 11.1 Å². The van der Waals surface area contributed by atoms with Crippen LogP contribution in [0.2, 0.25) is 0 Å². The Hall–Kier alpha value is -1.82. The number of aromatic nitrogens is 4. The van der Waals surface area contributed by atoms with Crippen molar-refractivity contribution in [1.82, 2.24) is 19.5 Å². The SMILES string of the molecule is Nc1nc2c(ncn2CCOC(CO)COP(=O)(O)O)c(=O)[nH]1. The molecule has 2 aromatic heterocycles. The molecule has 0 fully saturated rings. The molecule has 2 heterocycles. The van der Waals surface area contributed by atoms with Gasteiger partial charge in [0.15, 0.2) is 11.2 Å². The van der Waals surface area contributed by atoms with Crippen molar-refractivity contribution in [3.63, 3.8) is 0 Å². The van der Waals surface area contributed by atoms with Gasteiger partial charge in [-0.1, -0.05) is 0 Å². The van der Waals surface area contributed by atoms with E-state index >= 15 is 0 Å². The number of rotatable bonds is 8. The number of fused-ring (bicyclic) bond motifs is 1. The number of nitrogen functional groups attached to an aromatic ring is 1. The van der Waals surface area contributed by atoms with Gasteiger partial charge in [-0.05, 0) is 0 Å². The van der Waals surface area contributed by atoms with Crippen molar-refractivity contribution >= 4 is 24.9 Å². The zero-order valence-corrected chi connectivity index (χ0v) is 12.7. The number of ether oxygens (including phenoxy) is 1. The van der Waals surface area contributed by atoms with E-state index in [-0.39, 0.29) is 30.3 Å². The fraction of sp³-hybridized carbons (Fsp3) is 0.500. The van der Waals surface area contributed by atoms with Gasteiger partial charge in [0, 0.05) is 6.54 Å². The lowest BCUT2D eigenvalue weighted by atomic mass is 10.4. The Morgan fingerprint density at radius 2 is 2.22 bits per heavy atom. The number of hydrogen-bond acceptors (Lipinski definition) is 8. The summed E-state index contributed by atoms with van der Waals surface area (Å²) in [4.78, 5) is 39.0. The minimum atomic E-state index is -4.63. The molecule has 0 amide bonds. The molecule has 2 aromatic rings. The van der Waals surface area contributed by atoms with E-state index in [0.717, 1.165) is 0 Å². The molecule has 0 aliphatic heterocycles. The van der Waals surface area contributed by atoms with Gasteiger partial charge >= 0.3 is 7.82 Å². The highest BCUT2D eigenvalue weighted by Gasteiger charge is 2.18. The van der Waals surface area contributed by atoms with Gasteiger partial charge in [-0.2, -0.15) is 4.98 Å². The van der Waals surface area contributed by atoms with Crippen molar-refractivity contribution in [2.24, 2.45) is 0 Å². The van der Waals surface area contributed by atoms with Crippen molar-refractivity contribution in [3.8, 4) is 0 Å². The van der Waals surface area contributed by atoms with Crippen molar-refractivity contribution in [3.05, 3.63) is 16.7 Å². The maximum atomic E-state index is 11.6. The average molecular weight is 349 g/mol. The number of aliphatic hydroxyl groups is 1. The smallest absolute Gasteiger partial charge is 0.394 e. The lowest BCUT2D eigenvalue weighted by Gasteiger charge is -2.16.